The van der Waals surface area contributed by atoms with Crippen LogP contribution in [0.4, 0.5) is 13.2 Å². The zero-order valence-electron chi connectivity index (χ0n) is 20.2. The lowest BCUT2D eigenvalue weighted by Crippen LogP contribution is -2.46. The molecule has 2 saturated heterocycles. The summed E-state index contributed by atoms with van der Waals surface area (Å²) in [6.45, 7) is 4.58. The lowest BCUT2D eigenvalue weighted by Gasteiger charge is -2.37. The summed E-state index contributed by atoms with van der Waals surface area (Å²) in [5, 5.41) is 0. The quantitative estimate of drug-likeness (QED) is 0.541. The van der Waals surface area contributed by atoms with Gasteiger partial charge in [-0.2, -0.15) is 13.2 Å². The number of rotatable bonds is 5. The van der Waals surface area contributed by atoms with E-state index in [0.29, 0.717) is 31.8 Å². The first-order valence-electron chi connectivity index (χ1n) is 12.5. The second-order valence-electron chi connectivity index (χ2n) is 9.93. The lowest BCUT2D eigenvalue weighted by molar-refractivity contribution is -0.138. The predicted octanol–water partition coefficient (Wildman–Crippen LogP) is 5.74. The standard InChI is InChI=1S/C28H33F3N2O2/c1-20-2-4-21(5-3-20)6-7-22-12-16-32(17-13-22)27(35)24-14-18-33(19-15-24)26(34)23-8-10-25(11-9-23)28(29,30)31/h2-5,8-11,22,24H,6-7,12-19H2,1H3. The summed E-state index contributed by atoms with van der Waals surface area (Å²) in [5.41, 5.74) is 2.12. The van der Waals surface area contributed by atoms with Gasteiger partial charge in [-0.3, -0.25) is 9.59 Å². The molecule has 0 saturated carbocycles. The van der Waals surface area contributed by atoms with Gasteiger partial charge in [0.1, 0.15) is 0 Å². The number of carbonyl (C=O) groups is 2. The molecule has 0 bridgehead atoms. The van der Waals surface area contributed by atoms with Gasteiger partial charge in [0.25, 0.3) is 5.91 Å². The number of amides is 2. The van der Waals surface area contributed by atoms with Crippen LogP contribution in [0.1, 0.15) is 59.2 Å². The predicted molar refractivity (Wildman–Crippen MR) is 129 cm³/mol. The van der Waals surface area contributed by atoms with E-state index in [1.54, 1.807) is 4.90 Å². The number of carbonyl (C=O) groups excluding carboxylic acids is 2. The topological polar surface area (TPSA) is 40.6 Å². The molecule has 0 aliphatic carbocycles. The Kier molecular flexibility index (Phi) is 7.82. The summed E-state index contributed by atoms with van der Waals surface area (Å²) >= 11 is 0. The van der Waals surface area contributed by atoms with Crippen LogP contribution in [-0.4, -0.2) is 47.8 Å². The van der Waals surface area contributed by atoms with Crippen LogP contribution in [0.2, 0.25) is 0 Å². The number of likely N-dealkylation sites (tertiary alicyclic amines) is 2. The second-order valence-corrected chi connectivity index (χ2v) is 9.93. The molecular weight excluding hydrogens is 453 g/mol. The van der Waals surface area contributed by atoms with Crippen molar-refractivity contribution in [2.45, 2.75) is 51.6 Å². The molecule has 2 aromatic rings. The van der Waals surface area contributed by atoms with Gasteiger partial charge >= 0.3 is 6.18 Å². The van der Waals surface area contributed by atoms with Crippen LogP contribution in [0.15, 0.2) is 48.5 Å². The van der Waals surface area contributed by atoms with Crippen molar-refractivity contribution in [1.29, 1.82) is 0 Å². The van der Waals surface area contributed by atoms with Crippen LogP contribution in [0.3, 0.4) is 0 Å². The van der Waals surface area contributed by atoms with Gasteiger partial charge in [0.15, 0.2) is 0 Å². The molecule has 2 heterocycles. The number of piperidine rings is 2. The monoisotopic (exact) mass is 486 g/mol. The molecule has 0 unspecified atom stereocenters. The number of halogens is 3. The highest BCUT2D eigenvalue weighted by molar-refractivity contribution is 5.94. The molecule has 0 aromatic heterocycles. The first-order chi connectivity index (χ1) is 16.7. The molecule has 0 radical (unpaired) electrons. The number of hydrogen-bond acceptors (Lipinski definition) is 2. The van der Waals surface area contributed by atoms with Gasteiger partial charge < -0.3 is 9.80 Å². The van der Waals surface area contributed by atoms with E-state index in [9.17, 15) is 22.8 Å². The van der Waals surface area contributed by atoms with Crippen molar-refractivity contribution in [1.82, 2.24) is 9.80 Å². The Morgan fingerprint density at radius 2 is 1.40 bits per heavy atom. The van der Waals surface area contributed by atoms with E-state index in [1.807, 2.05) is 4.90 Å². The molecule has 2 aliphatic heterocycles. The maximum absolute atomic E-state index is 13.1. The molecule has 4 nitrogen and oxygen atoms in total. The third-order valence-corrected chi connectivity index (χ3v) is 7.48. The fraction of sp³-hybridized carbons (Fsp3) is 0.500. The average Bonchev–Trinajstić information content (AvgIpc) is 2.87. The fourth-order valence-electron chi connectivity index (χ4n) is 5.14. The Bertz CT molecular complexity index is 1000. The summed E-state index contributed by atoms with van der Waals surface area (Å²) in [5.74, 6) is 0.460. The molecule has 2 aliphatic rings. The Morgan fingerprint density at radius 1 is 0.829 bits per heavy atom. The van der Waals surface area contributed by atoms with Crippen molar-refractivity contribution in [2.24, 2.45) is 11.8 Å². The van der Waals surface area contributed by atoms with Gasteiger partial charge in [0.05, 0.1) is 5.56 Å². The first kappa shape index (κ1) is 25.3. The van der Waals surface area contributed by atoms with Gasteiger partial charge in [0.2, 0.25) is 5.91 Å². The molecule has 2 fully saturated rings. The number of nitrogens with zero attached hydrogens (tertiary/aromatic N) is 2. The second kappa shape index (κ2) is 10.8. The van der Waals surface area contributed by atoms with E-state index >= 15 is 0 Å². The largest absolute Gasteiger partial charge is 0.416 e. The minimum absolute atomic E-state index is 0.0873. The van der Waals surface area contributed by atoms with Gasteiger partial charge in [0, 0.05) is 37.7 Å². The Hall–Kier alpha value is -2.83. The van der Waals surface area contributed by atoms with Gasteiger partial charge in [-0.15, -0.1) is 0 Å². The molecule has 2 aromatic carbocycles. The van der Waals surface area contributed by atoms with Crippen molar-refractivity contribution in [3.8, 4) is 0 Å². The molecule has 7 heteroatoms. The van der Waals surface area contributed by atoms with Crippen LogP contribution >= 0.6 is 0 Å². The van der Waals surface area contributed by atoms with Crippen molar-refractivity contribution in [3.63, 3.8) is 0 Å². The van der Waals surface area contributed by atoms with E-state index < -0.39 is 11.7 Å². The van der Waals surface area contributed by atoms with E-state index in [1.165, 1.54) is 23.3 Å². The third-order valence-electron chi connectivity index (χ3n) is 7.48. The summed E-state index contributed by atoms with van der Waals surface area (Å²) in [7, 11) is 0. The molecule has 0 N–H and O–H groups in total. The Morgan fingerprint density at radius 3 is 1.97 bits per heavy atom. The molecule has 0 spiro atoms. The minimum Gasteiger partial charge on any atom is -0.342 e. The maximum atomic E-state index is 13.1. The van der Waals surface area contributed by atoms with Crippen molar-refractivity contribution >= 4 is 11.8 Å². The van der Waals surface area contributed by atoms with E-state index in [4.69, 9.17) is 0 Å². The van der Waals surface area contributed by atoms with Gasteiger partial charge in [-0.05, 0) is 81.2 Å². The van der Waals surface area contributed by atoms with Crippen LogP contribution in [0.25, 0.3) is 0 Å². The fourth-order valence-corrected chi connectivity index (χ4v) is 5.14. The lowest BCUT2D eigenvalue weighted by atomic mass is 9.88. The van der Waals surface area contributed by atoms with Crippen LogP contribution in [-0.2, 0) is 17.4 Å². The zero-order valence-corrected chi connectivity index (χ0v) is 20.2. The van der Waals surface area contributed by atoms with Crippen LogP contribution in [0, 0.1) is 18.8 Å². The van der Waals surface area contributed by atoms with Gasteiger partial charge in [-0.1, -0.05) is 29.8 Å². The number of hydrogen-bond donors (Lipinski definition) is 0. The molecule has 35 heavy (non-hydrogen) atoms. The maximum Gasteiger partial charge on any atom is 0.416 e. The Balaban J connectivity index is 1.20. The average molecular weight is 487 g/mol. The zero-order chi connectivity index (χ0) is 25.0. The van der Waals surface area contributed by atoms with Crippen LogP contribution < -0.4 is 0 Å². The highest BCUT2D eigenvalue weighted by atomic mass is 19.4. The number of benzene rings is 2. The molecule has 2 amide bonds. The smallest absolute Gasteiger partial charge is 0.342 e. The van der Waals surface area contributed by atoms with Crippen molar-refractivity contribution in [2.75, 3.05) is 26.2 Å². The highest BCUT2D eigenvalue weighted by Gasteiger charge is 2.33. The summed E-state index contributed by atoms with van der Waals surface area (Å²) < 4.78 is 38.3. The first-order valence-corrected chi connectivity index (χ1v) is 12.5. The number of alkyl halides is 3. The van der Waals surface area contributed by atoms with E-state index in [-0.39, 0.29) is 23.3 Å². The van der Waals surface area contributed by atoms with Crippen molar-refractivity contribution < 1.29 is 22.8 Å². The normalized spacial score (nSPS) is 18.1. The summed E-state index contributed by atoms with van der Waals surface area (Å²) in [4.78, 5) is 29.4. The molecular formula is C28H33F3N2O2. The highest BCUT2D eigenvalue weighted by Crippen LogP contribution is 2.30. The van der Waals surface area contributed by atoms with E-state index in [0.717, 1.165) is 50.9 Å². The molecule has 0 atom stereocenters. The SMILES string of the molecule is Cc1ccc(CCC2CCN(C(=O)C3CCN(C(=O)c4ccc(C(F)(F)F)cc4)CC3)CC2)cc1. The summed E-state index contributed by atoms with van der Waals surface area (Å²) in [6, 6.07) is 13.0. The minimum atomic E-state index is -4.42. The molecule has 4 rings (SSSR count). The Labute approximate surface area is 205 Å². The van der Waals surface area contributed by atoms with Gasteiger partial charge in [-0.25, -0.2) is 0 Å². The van der Waals surface area contributed by atoms with Crippen LogP contribution in [0.5, 0.6) is 0 Å². The molecule has 188 valence electrons. The third kappa shape index (κ3) is 6.44. The van der Waals surface area contributed by atoms with Crippen molar-refractivity contribution in [3.05, 3.63) is 70.8 Å². The number of aryl methyl sites for hydroxylation is 2. The van der Waals surface area contributed by atoms with E-state index in [2.05, 4.69) is 31.2 Å². The summed E-state index contributed by atoms with van der Waals surface area (Å²) in [6.07, 6.45) is 1.05.